The highest BCUT2D eigenvalue weighted by molar-refractivity contribution is 5.97. The molecule has 118 valence electrons. The lowest BCUT2D eigenvalue weighted by atomic mass is 9.98. The summed E-state index contributed by atoms with van der Waals surface area (Å²) in [6.45, 7) is 1.67. The number of imidazole rings is 1. The van der Waals surface area contributed by atoms with Crippen LogP contribution >= 0.6 is 0 Å². The number of nitrogens with one attached hydrogen (secondary N) is 1. The fourth-order valence-corrected chi connectivity index (χ4v) is 3.25. The average molecular weight is 310 g/mol. The fourth-order valence-electron chi connectivity index (χ4n) is 3.25. The number of carbonyl (C=O) groups excluding carboxylic acids is 1. The molecule has 0 fully saturated rings. The third-order valence-electron chi connectivity index (χ3n) is 4.47. The second kappa shape index (κ2) is 5.49. The van der Waals surface area contributed by atoms with Gasteiger partial charge in [0.05, 0.1) is 0 Å². The minimum atomic E-state index is 0.0197. The van der Waals surface area contributed by atoms with Gasteiger partial charge in [0.25, 0.3) is 5.91 Å². The van der Waals surface area contributed by atoms with Gasteiger partial charge in [-0.3, -0.25) is 4.79 Å². The average Bonchev–Trinajstić information content (AvgIpc) is 3.21. The summed E-state index contributed by atoms with van der Waals surface area (Å²) in [5, 5.41) is 10.6. The number of aromatic amines is 1. The minimum absolute atomic E-state index is 0.0197. The fraction of sp³-hybridized carbons (Fsp3) is 0.375. The number of hydrogen-bond acceptors (Lipinski definition) is 4. The van der Waals surface area contributed by atoms with Crippen LogP contribution < -0.4 is 0 Å². The quantitative estimate of drug-likeness (QED) is 0.795. The molecule has 1 aliphatic rings. The molecule has 0 spiro atoms. The van der Waals surface area contributed by atoms with Crippen LogP contribution in [0.2, 0.25) is 0 Å². The van der Waals surface area contributed by atoms with Gasteiger partial charge in [0.1, 0.15) is 16.9 Å². The second-order valence-electron chi connectivity index (χ2n) is 6.11. The molecule has 3 aromatic rings. The van der Waals surface area contributed by atoms with E-state index >= 15 is 0 Å². The molecule has 0 bridgehead atoms. The third-order valence-corrected chi connectivity index (χ3v) is 4.47. The van der Waals surface area contributed by atoms with Crippen molar-refractivity contribution in [2.75, 3.05) is 13.6 Å². The largest absolute Gasteiger partial charge is 0.341 e. The van der Waals surface area contributed by atoms with Crippen molar-refractivity contribution in [2.45, 2.75) is 19.4 Å². The van der Waals surface area contributed by atoms with Crippen LogP contribution in [0.15, 0.2) is 30.6 Å². The zero-order chi connectivity index (χ0) is 15.8. The van der Waals surface area contributed by atoms with Gasteiger partial charge < -0.3 is 9.47 Å². The summed E-state index contributed by atoms with van der Waals surface area (Å²) >= 11 is 0. The summed E-state index contributed by atoms with van der Waals surface area (Å²) in [7, 11) is 1.86. The minimum Gasteiger partial charge on any atom is -0.341 e. The number of H-pyrrole nitrogens is 1. The lowest BCUT2D eigenvalue weighted by Gasteiger charge is -2.28. The summed E-state index contributed by atoms with van der Waals surface area (Å²) in [4.78, 5) is 18.8. The van der Waals surface area contributed by atoms with Gasteiger partial charge in [-0.05, 0) is 30.5 Å². The summed E-state index contributed by atoms with van der Waals surface area (Å²) in [6, 6.07) is 5.41. The summed E-state index contributed by atoms with van der Waals surface area (Å²) in [6.07, 6.45) is 5.91. The maximum atomic E-state index is 12.6. The van der Waals surface area contributed by atoms with Crippen molar-refractivity contribution in [3.63, 3.8) is 0 Å². The molecular weight excluding hydrogens is 292 g/mol. The Hall–Kier alpha value is -2.70. The van der Waals surface area contributed by atoms with Crippen LogP contribution in [-0.2, 0) is 13.0 Å². The molecule has 0 saturated carbocycles. The molecular formula is C16H18N6O. The molecule has 3 heterocycles. The van der Waals surface area contributed by atoms with Crippen molar-refractivity contribution in [1.82, 2.24) is 29.9 Å². The van der Waals surface area contributed by atoms with Gasteiger partial charge >= 0.3 is 0 Å². The maximum absolute atomic E-state index is 12.6. The number of aryl methyl sites for hydroxylation is 1. The van der Waals surface area contributed by atoms with Gasteiger partial charge in [-0.2, -0.15) is 15.4 Å². The van der Waals surface area contributed by atoms with Gasteiger partial charge in [0.15, 0.2) is 0 Å². The van der Waals surface area contributed by atoms with Gasteiger partial charge in [-0.25, -0.2) is 4.98 Å². The number of benzene rings is 1. The molecule has 7 nitrogen and oxygen atoms in total. The highest BCUT2D eigenvalue weighted by Crippen LogP contribution is 2.20. The van der Waals surface area contributed by atoms with Crippen LogP contribution in [0, 0.1) is 5.92 Å². The van der Waals surface area contributed by atoms with E-state index in [0.717, 1.165) is 37.3 Å². The Labute approximate surface area is 133 Å². The first kappa shape index (κ1) is 13.9. The van der Waals surface area contributed by atoms with Crippen molar-refractivity contribution in [1.29, 1.82) is 0 Å². The Bertz CT molecular complexity index is 851. The van der Waals surface area contributed by atoms with Crippen LogP contribution in [0.5, 0.6) is 0 Å². The monoisotopic (exact) mass is 310 g/mol. The molecule has 0 radical (unpaired) electrons. The number of rotatable bonds is 3. The standard InChI is InChI=1S/C16H18N6O/c1-21(9-11-2-5-15-17-6-7-22(15)10-11)16(23)12-3-4-13-14(8-12)19-20-18-13/h3-4,6-8,11H,2,5,9-10H2,1H3,(H,18,19,20)/t11-/m0/s1. The zero-order valence-corrected chi connectivity index (χ0v) is 12.9. The van der Waals surface area contributed by atoms with Crippen LogP contribution in [0.1, 0.15) is 22.6 Å². The first-order chi connectivity index (χ1) is 11.2. The van der Waals surface area contributed by atoms with E-state index in [9.17, 15) is 4.79 Å². The molecule has 1 N–H and O–H groups in total. The highest BCUT2D eigenvalue weighted by Gasteiger charge is 2.22. The van der Waals surface area contributed by atoms with E-state index < -0.39 is 0 Å². The number of hydrogen-bond donors (Lipinski definition) is 1. The molecule has 2 aromatic heterocycles. The van der Waals surface area contributed by atoms with E-state index in [4.69, 9.17) is 0 Å². The molecule has 1 aromatic carbocycles. The van der Waals surface area contributed by atoms with E-state index in [2.05, 4.69) is 25.0 Å². The molecule has 1 atom stereocenters. The number of carbonyl (C=O) groups is 1. The molecule has 4 rings (SSSR count). The van der Waals surface area contributed by atoms with Gasteiger partial charge in [0, 0.05) is 44.5 Å². The maximum Gasteiger partial charge on any atom is 0.253 e. The van der Waals surface area contributed by atoms with Crippen LogP contribution in [0.3, 0.4) is 0 Å². The molecule has 1 aliphatic heterocycles. The topological polar surface area (TPSA) is 79.7 Å². The van der Waals surface area contributed by atoms with Crippen LogP contribution in [-0.4, -0.2) is 49.4 Å². The van der Waals surface area contributed by atoms with E-state index in [-0.39, 0.29) is 5.91 Å². The lowest BCUT2D eigenvalue weighted by molar-refractivity contribution is 0.0760. The van der Waals surface area contributed by atoms with Crippen molar-refractivity contribution < 1.29 is 4.79 Å². The summed E-state index contributed by atoms with van der Waals surface area (Å²) in [5.74, 6) is 1.62. The molecule has 0 saturated heterocycles. The van der Waals surface area contributed by atoms with Gasteiger partial charge in [-0.1, -0.05) is 0 Å². The zero-order valence-electron chi connectivity index (χ0n) is 12.9. The third kappa shape index (κ3) is 2.58. The normalized spacial score (nSPS) is 17.2. The first-order valence-corrected chi connectivity index (χ1v) is 7.77. The summed E-state index contributed by atoms with van der Waals surface area (Å²) < 4.78 is 2.19. The number of nitrogens with zero attached hydrogens (tertiary/aromatic N) is 5. The van der Waals surface area contributed by atoms with Crippen molar-refractivity contribution in [3.05, 3.63) is 42.0 Å². The SMILES string of the molecule is CN(C[C@@H]1CCc2nccn2C1)C(=O)c1ccc2n[nH]nc2c1. The number of amides is 1. The van der Waals surface area contributed by atoms with Crippen molar-refractivity contribution >= 4 is 16.9 Å². The van der Waals surface area contributed by atoms with Crippen molar-refractivity contribution in [2.24, 2.45) is 5.92 Å². The predicted octanol–water partition coefficient (Wildman–Crippen LogP) is 1.49. The Morgan fingerprint density at radius 1 is 1.39 bits per heavy atom. The summed E-state index contributed by atoms with van der Waals surface area (Å²) in [5.41, 5.74) is 2.13. The first-order valence-electron chi connectivity index (χ1n) is 7.77. The van der Waals surface area contributed by atoms with Gasteiger partial charge in [-0.15, -0.1) is 0 Å². The number of aromatic nitrogens is 5. The molecule has 0 aliphatic carbocycles. The molecule has 0 unspecified atom stereocenters. The highest BCUT2D eigenvalue weighted by atomic mass is 16.2. The van der Waals surface area contributed by atoms with Gasteiger partial charge in [0.2, 0.25) is 0 Å². The Kier molecular flexibility index (Phi) is 3.33. The predicted molar refractivity (Wildman–Crippen MR) is 84.9 cm³/mol. The van der Waals surface area contributed by atoms with Crippen molar-refractivity contribution in [3.8, 4) is 0 Å². The Morgan fingerprint density at radius 3 is 3.17 bits per heavy atom. The lowest BCUT2D eigenvalue weighted by Crippen LogP contribution is -2.35. The molecule has 23 heavy (non-hydrogen) atoms. The smallest absolute Gasteiger partial charge is 0.253 e. The Balaban J connectivity index is 1.46. The molecule has 7 heteroatoms. The van der Waals surface area contributed by atoms with E-state index in [1.54, 1.807) is 17.0 Å². The Morgan fingerprint density at radius 2 is 2.26 bits per heavy atom. The second-order valence-corrected chi connectivity index (χ2v) is 6.11. The van der Waals surface area contributed by atoms with E-state index in [1.807, 2.05) is 25.5 Å². The van der Waals surface area contributed by atoms with E-state index in [0.29, 0.717) is 17.0 Å². The van der Waals surface area contributed by atoms with Crippen LogP contribution in [0.25, 0.3) is 11.0 Å². The molecule has 1 amide bonds. The van der Waals surface area contributed by atoms with Crippen LogP contribution in [0.4, 0.5) is 0 Å². The number of fused-ring (bicyclic) bond motifs is 2. The van der Waals surface area contributed by atoms with E-state index in [1.165, 1.54) is 0 Å².